The van der Waals surface area contributed by atoms with Gasteiger partial charge in [0.25, 0.3) is 0 Å². The highest BCUT2D eigenvalue weighted by molar-refractivity contribution is 7.92. The van der Waals surface area contributed by atoms with Gasteiger partial charge >= 0.3 is 0 Å². The molecule has 0 amide bonds. The number of nitrogens with zero attached hydrogens (tertiary/aromatic N) is 3. The van der Waals surface area contributed by atoms with Crippen LogP contribution in [0.5, 0.6) is 0 Å². The number of pyridine rings is 1. The van der Waals surface area contributed by atoms with Gasteiger partial charge in [-0.3, -0.25) is 0 Å². The Bertz CT molecular complexity index is 989. The first kappa shape index (κ1) is 17.4. The number of fused-ring (bicyclic) bond motifs is 1. The van der Waals surface area contributed by atoms with E-state index >= 15 is 0 Å². The number of hydrogen-bond acceptors (Lipinski definition) is 3. The van der Waals surface area contributed by atoms with E-state index in [9.17, 15) is 8.42 Å². The molecule has 1 aromatic carbocycles. The van der Waals surface area contributed by atoms with Crippen LogP contribution < -0.4 is 0 Å². The molecule has 0 spiro atoms. The molecule has 2 heterocycles. The zero-order valence-corrected chi connectivity index (χ0v) is 15.1. The van der Waals surface area contributed by atoms with Gasteiger partial charge in [-0.15, -0.1) is 0 Å². The molecule has 0 aliphatic heterocycles. The van der Waals surface area contributed by atoms with Crippen molar-refractivity contribution in [3.63, 3.8) is 0 Å². The van der Waals surface area contributed by atoms with Gasteiger partial charge in [-0.2, -0.15) is 4.31 Å². The number of benzene rings is 1. The van der Waals surface area contributed by atoms with E-state index < -0.39 is 10.0 Å². The average Bonchev–Trinajstić information content (AvgIpc) is 3.02. The second-order valence-electron chi connectivity index (χ2n) is 5.86. The molecule has 0 radical (unpaired) electrons. The maximum Gasteiger partial charge on any atom is 0.236 e. The first-order valence-electron chi connectivity index (χ1n) is 8.15. The highest BCUT2D eigenvalue weighted by atomic mass is 32.2. The van der Waals surface area contributed by atoms with Crippen LogP contribution in [-0.2, 0) is 16.6 Å². The van der Waals surface area contributed by atoms with Crippen LogP contribution in [-0.4, -0.2) is 28.7 Å². The highest BCUT2D eigenvalue weighted by Crippen LogP contribution is 2.14. The Morgan fingerprint density at radius 2 is 1.92 bits per heavy atom. The standard InChI is InChI=1S/C19H21N3O2S/c1-3-21(15-18-14-20-19-6-4-5-12-22(18)19)25(23,24)13-11-17-9-7-16(2)8-10-17/h4-14H,3,15H2,1-2H3/b13-11+. The van der Waals surface area contributed by atoms with Crippen molar-refractivity contribution < 1.29 is 8.42 Å². The van der Waals surface area contributed by atoms with Gasteiger partial charge in [0.15, 0.2) is 0 Å². The van der Waals surface area contributed by atoms with Crippen molar-refractivity contribution in [3.05, 3.63) is 77.1 Å². The fraction of sp³-hybridized carbons (Fsp3) is 0.211. The van der Waals surface area contributed by atoms with Crippen LogP contribution in [0, 0.1) is 6.92 Å². The van der Waals surface area contributed by atoms with Crippen LogP contribution in [0.1, 0.15) is 23.7 Å². The minimum absolute atomic E-state index is 0.280. The van der Waals surface area contributed by atoms with Gasteiger partial charge in [-0.25, -0.2) is 13.4 Å². The van der Waals surface area contributed by atoms with E-state index in [0.717, 1.165) is 22.5 Å². The van der Waals surface area contributed by atoms with Crippen molar-refractivity contribution in [3.8, 4) is 0 Å². The monoisotopic (exact) mass is 355 g/mol. The summed E-state index contributed by atoms with van der Waals surface area (Å²) < 4.78 is 28.7. The molecule has 0 fully saturated rings. The SMILES string of the molecule is CCN(Cc1cnc2ccccn12)S(=O)(=O)/C=C/c1ccc(C)cc1. The quantitative estimate of drug-likeness (QED) is 0.680. The molecule has 0 saturated carbocycles. The molecular weight excluding hydrogens is 334 g/mol. The summed E-state index contributed by atoms with van der Waals surface area (Å²) in [5, 5.41) is 1.27. The fourth-order valence-electron chi connectivity index (χ4n) is 2.59. The van der Waals surface area contributed by atoms with Crippen molar-refractivity contribution >= 4 is 21.7 Å². The Hall–Kier alpha value is -2.44. The van der Waals surface area contributed by atoms with Gasteiger partial charge in [0.2, 0.25) is 10.0 Å². The Kier molecular flexibility index (Phi) is 5.01. The minimum Gasteiger partial charge on any atom is -0.303 e. The smallest absolute Gasteiger partial charge is 0.236 e. The van der Waals surface area contributed by atoms with Crippen molar-refractivity contribution in [1.82, 2.24) is 13.7 Å². The summed E-state index contributed by atoms with van der Waals surface area (Å²) in [6, 6.07) is 13.4. The second kappa shape index (κ2) is 7.21. The summed E-state index contributed by atoms with van der Waals surface area (Å²) in [5.41, 5.74) is 3.65. The van der Waals surface area contributed by atoms with Crippen molar-refractivity contribution in [2.45, 2.75) is 20.4 Å². The topological polar surface area (TPSA) is 54.7 Å². The molecule has 0 unspecified atom stereocenters. The summed E-state index contributed by atoms with van der Waals surface area (Å²) in [6.07, 6.45) is 5.24. The molecule has 5 nitrogen and oxygen atoms in total. The predicted molar refractivity (Wildman–Crippen MR) is 100 cm³/mol. The Labute approximate surface area is 148 Å². The van der Waals surface area contributed by atoms with E-state index in [1.807, 2.05) is 66.9 Å². The van der Waals surface area contributed by atoms with Crippen LogP contribution in [0.4, 0.5) is 0 Å². The summed E-state index contributed by atoms with van der Waals surface area (Å²) in [5.74, 6) is 0. The van der Waals surface area contributed by atoms with Gasteiger partial charge in [-0.05, 0) is 30.7 Å². The minimum atomic E-state index is -3.51. The Morgan fingerprint density at radius 1 is 1.16 bits per heavy atom. The number of aryl methyl sites for hydroxylation is 1. The average molecular weight is 355 g/mol. The van der Waals surface area contributed by atoms with E-state index in [2.05, 4.69) is 4.98 Å². The molecule has 6 heteroatoms. The molecule has 0 aliphatic carbocycles. The molecule has 25 heavy (non-hydrogen) atoms. The van der Waals surface area contributed by atoms with E-state index in [4.69, 9.17) is 0 Å². The van der Waals surface area contributed by atoms with E-state index in [1.54, 1.807) is 12.3 Å². The lowest BCUT2D eigenvalue weighted by Crippen LogP contribution is -2.29. The maximum absolute atomic E-state index is 12.7. The van der Waals surface area contributed by atoms with Gasteiger partial charge in [0.1, 0.15) is 5.65 Å². The zero-order valence-electron chi connectivity index (χ0n) is 14.3. The summed E-state index contributed by atoms with van der Waals surface area (Å²) in [4.78, 5) is 4.31. The summed E-state index contributed by atoms with van der Waals surface area (Å²) in [7, 11) is -3.51. The molecule has 3 rings (SSSR count). The van der Waals surface area contributed by atoms with Crippen LogP contribution in [0.25, 0.3) is 11.7 Å². The molecular formula is C19H21N3O2S. The van der Waals surface area contributed by atoms with Gasteiger partial charge in [0.05, 0.1) is 18.4 Å². The third kappa shape index (κ3) is 3.97. The molecule has 0 saturated heterocycles. The molecule has 130 valence electrons. The molecule has 3 aromatic rings. The fourth-order valence-corrected chi connectivity index (χ4v) is 3.77. The molecule has 0 atom stereocenters. The number of imidazole rings is 1. The van der Waals surface area contributed by atoms with Crippen LogP contribution in [0.3, 0.4) is 0 Å². The highest BCUT2D eigenvalue weighted by Gasteiger charge is 2.19. The largest absolute Gasteiger partial charge is 0.303 e. The first-order chi connectivity index (χ1) is 12.0. The van der Waals surface area contributed by atoms with Crippen LogP contribution in [0.2, 0.25) is 0 Å². The van der Waals surface area contributed by atoms with Crippen molar-refractivity contribution in [1.29, 1.82) is 0 Å². The van der Waals surface area contributed by atoms with Gasteiger partial charge in [-0.1, -0.05) is 42.8 Å². The normalized spacial score (nSPS) is 12.4. The molecule has 0 bridgehead atoms. The lowest BCUT2D eigenvalue weighted by Gasteiger charge is -2.18. The summed E-state index contributed by atoms with van der Waals surface area (Å²) in [6.45, 7) is 4.50. The van der Waals surface area contributed by atoms with Gasteiger partial charge < -0.3 is 4.40 Å². The van der Waals surface area contributed by atoms with E-state index in [1.165, 1.54) is 9.71 Å². The summed E-state index contributed by atoms with van der Waals surface area (Å²) >= 11 is 0. The third-order valence-corrected chi connectivity index (χ3v) is 5.64. The van der Waals surface area contributed by atoms with Gasteiger partial charge in [0, 0.05) is 18.1 Å². The second-order valence-corrected chi connectivity index (χ2v) is 7.68. The number of aromatic nitrogens is 2. The molecule has 0 N–H and O–H groups in total. The number of rotatable bonds is 6. The first-order valence-corrected chi connectivity index (χ1v) is 9.66. The zero-order chi connectivity index (χ0) is 17.9. The molecule has 2 aromatic heterocycles. The Balaban J connectivity index is 1.82. The lowest BCUT2D eigenvalue weighted by atomic mass is 10.2. The Morgan fingerprint density at radius 3 is 2.64 bits per heavy atom. The number of sulfonamides is 1. The van der Waals surface area contributed by atoms with E-state index in [-0.39, 0.29) is 6.54 Å². The van der Waals surface area contributed by atoms with Crippen LogP contribution >= 0.6 is 0 Å². The van der Waals surface area contributed by atoms with Crippen molar-refractivity contribution in [2.75, 3.05) is 6.54 Å². The van der Waals surface area contributed by atoms with Crippen molar-refractivity contribution in [2.24, 2.45) is 0 Å². The predicted octanol–water partition coefficient (Wildman–Crippen LogP) is 3.47. The van der Waals surface area contributed by atoms with E-state index in [0.29, 0.717) is 6.54 Å². The maximum atomic E-state index is 12.7. The van der Waals surface area contributed by atoms with Crippen LogP contribution in [0.15, 0.2) is 60.3 Å². The third-order valence-electron chi connectivity index (χ3n) is 4.05. The lowest BCUT2D eigenvalue weighted by molar-refractivity contribution is 0.425. The number of hydrogen-bond donors (Lipinski definition) is 0. The molecule has 0 aliphatic rings.